The zero-order valence-electron chi connectivity index (χ0n) is 23.9. The minimum Gasteiger partial charge on any atom is -0.478 e. The third-order valence-corrected chi connectivity index (χ3v) is 8.72. The van der Waals surface area contributed by atoms with E-state index >= 15 is 0 Å². The van der Waals surface area contributed by atoms with Crippen LogP contribution in [0, 0.1) is 11.3 Å². The number of guanidine groups is 1. The molecule has 11 nitrogen and oxygen atoms in total. The first-order chi connectivity index (χ1) is 20.1. The Morgan fingerprint density at radius 2 is 1.71 bits per heavy atom. The van der Waals surface area contributed by atoms with Gasteiger partial charge >= 0.3 is 5.97 Å². The zero-order chi connectivity index (χ0) is 30.0. The molecule has 42 heavy (non-hydrogen) atoms. The Balaban J connectivity index is 1.43. The van der Waals surface area contributed by atoms with Gasteiger partial charge in [-0.15, -0.1) is 0 Å². The minimum atomic E-state index is -1.04. The van der Waals surface area contributed by atoms with Crippen LogP contribution in [-0.2, 0) is 27.2 Å². The first kappa shape index (κ1) is 29.2. The number of ketones is 1. The number of nitrogens with one attached hydrogen (secondary N) is 1. The molecule has 3 aliphatic heterocycles. The van der Waals surface area contributed by atoms with Gasteiger partial charge < -0.3 is 25.5 Å². The monoisotopic (exact) mass is 574 g/mol. The first-order valence-corrected chi connectivity index (χ1v) is 14.5. The van der Waals surface area contributed by atoms with Crippen molar-refractivity contribution in [3.05, 3.63) is 64.7 Å². The summed E-state index contributed by atoms with van der Waals surface area (Å²) < 4.78 is 0. The maximum Gasteiger partial charge on any atom is 0.335 e. The van der Waals surface area contributed by atoms with Gasteiger partial charge in [-0.3, -0.25) is 24.7 Å². The van der Waals surface area contributed by atoms with Crippen LogP contribution < -0.4 is 10.6 Å². The summed E-state index contributed by atoms with van der Waals surface area (Å²) >= 11 is 0. The highest BCUT2D eigenvalue weighted by molar-refractivity contribution is 5.98. The predicted octanol–water partition coefficient (Wildman–Crippen LogP) is 1.90. The number of benzene rings is 2. The Kier molecular flexibility index (Phi) is 8.58. The van der Waals surface area contributed by atoms with E-state index in [1.54, 1.807) is 26.8 Å². The summed E-state index contributed by atoms with van der Waals surface area (Å²) in [6, 6.07) is 11.1. The zero-order valence-corrected chi connectivity index (χ0v) is 23.9. The van der Waals surface area contributed by atoms with Crippen molar-refractivity contribution < 1.29 is 24.3 Å². The Bertz CT molecular complexity index is 1380. The van der Waals surface area contributed by atoms with E-state index in [9.17, 15) is 24.3 Å². The van der Waals surface area contributed by atoms with Crippen LogP contribution in [0.2, 0.25) is 0 Å². The maximum absolute atomic E-state index is 14.0. The number of carbonyl (C=O) groups excluding carboxylic acids is 3. The van der Waals surface area contributed by atoms with Crippen LogP contribution in [0.5, 0.6) is 0 Å². The van der Waals surface area contributed by atoms with Crippen molar-refractivity contribution in [2.75, 3.05) is 51.2 Å². The van der Waals surface area contributed by atoms with Gasteiger partial charge in [0.25, 0.3) is 0 Å². The number of hydrogen-bond acceptors (Lipinski definition) is 6. The standard InChI is InChI=1S/C31H38N6O5/c1-34-15-16-36(28(40)19-34)25-4-2-3-24-23(25)11-14-37(27(39)18-21-9-12-35(13-10-21)31(32)33)29(24)26(38)17-20-5-7-22(8-6-20)30(41)42/h2-8,21,29H,9-19H2,1H3,(H3,32,33)(H,41,42)/t29-/m1/s1. The van der Waals surface area contributed by atoms with Gasteiger partial charge in [-0.25, -0.2) is 4.79 Å². The highest BCUT2D eigenvalue weighted by atomic mass is 16.4. The molecule has 2 saturated heterocycles. The molecule has 222 valence electrons. The molecule has 0 bridgehead atoms. The van der Waals surface area contributed by atoms with E-state index < -0.39 is 12.0 Å². The second-order valence-corrected chi connectivity index (χ2v) is 11.5. The molecule has 0 aliphatic carbocycles. The van der Waals surface area contributed by atoms with Crippen molar-refractivity contribution in [1.29, 1.82) is 5.41 Å². The van der Waals surface area contributed by atoms with Crippen molar-refractivity contribution in [3.8, 4) is 0 Å². The number of amides is 2. The van der Waals surface area contributed by atoms with Crippen LogP contribution in [0.3, 0.4) is 0 Å². The summed E-state index contributed by atoms with van der Waals surface area (Å²) in [6.07, 6.45) is 2.40. The summed E-state index contributed by atoms with van der Waals surface area (Å²) in [6.45, 7) is 3.26. The molecular formula is C31H38N6O5. The number of piperidine rings is 1. The molecule has 5 rings (SSSR count). The van der Waals surface area contributed by atoms with Crippen LogP contribution in [-0.4, -0.2) is 95.6 Å². The molecule has 3 aliphatic rings. The number of likely N-dealkylation sites (N-methyl/N-ethyl adjacent to an activating group) is 1. The van der Waals surface area contributed by atoms with E-state index in [2.05, 4.69) is 0 Å². The largest absolute Gasteiger partial charge is 0.478 e. The summed E-state index contributed by atoms with van der Waals surface area (Å²) in [5.74, 6) is -1.07. The highest BCUT2D eigenvalue weighted by Gasteiger charge is 2.38. The maximum atomic E-state index is 14.0. The normalized spacial score (nSPS) is 19.9. The number of anilines is 1. The van der Waals surface area contributed by atoms with Gasteiger partial charge in [0, 0.05) is 51.3 Å². The number of nitrogens with two attached hydrogens (primary N) is 1. The Morgan fingerprint density at radius 3 is 2.36 bits per heavy atom. The third kappa shape index (κ3) is 6.15. The lowest BCUT2D eigenvalue weighted by Gasteiger charge is -2.40. The molecular weight excluding hydrogens is 536 g/mol. The number of nitrogens with zero attached hydrogens (tertiary/aromatic N) is 4. The topological polar surface area (TPSA) is 151 Å². The molecule has 2 aromatic carbocycles. The summed E-state index contributed by atoms with van der Waals surface area (Å²) in [7, 11) is 1.92. The van der Waals surface area contributed by atoms with E-state index in [1.807, 2.05) is 30.1 Å². The Labute approximate surface area is 245 Å². The quantitative estimate of drug-likeness (QED) is 0.335. The number of rotatable bonds is 7. The van der Waals surface area contributed by atoms with E-state index in [0.29, 0.717) is 51.1 Å². The molecule has 0 aromatic heterocycles. The number of carbonyl (C=O) groups is 4. The molecule has 4 N–H and O–H groups in total. The number of likely N-dealkylation sites (tertiary alicyclic amines) is 1. The Hall–Kier alpha value is -4.25. The molecule has 3 heterocycles. The van der Waals surface area contributed by atoms with Crippen molar-refractivity contribution in [2.24, 2.45) is 11.7 Å². The van der Waals surface area contributed by atoms with Crippen LogP contribution in [0.4, 0.5) is 5.69 Å². The van der Waals surface area contributed by atoms with Gasteiger partial charge in [0.2, 0.25) is 11.8 Å². The van der Waals surface area contributed by atoms with Gasteiger partial charge in [-0.1, -0.05) is 24.3 Å². The van der Waals surface area contributed by atoms with Gasteiger partial charge in [-0.2, -0.15) is 0 Å². The molecule has 11 heteroatoms. The number of fused-ring (bicyclic) bond motifs is 1. The fourth-order valence-corrected chi connectivity index (χ4v) is 6.37. The number of Topliss-reactive ketones (excluding diaryl/α,β-unsaturated/α-hetero) is 1. The summed E-state index contributed by atoms with van der Waals surface area (Å²) in [5, 5.41) is 16.9. The second kappa shape index (κ2) is 12.3. The third-order valence-electron chi connectivity index (χ3n) is 8.72. The molecule has 0 unspecified atom stereocenters. The molecule has 0 saturated carbocycles. The van der Waals surface area contributed by atoms with E-state index in [4.69, 9.17) is 11.1 Å². The SMILES string of the molecule is CN1CCN(c2cccc3c2CCN(C(=O)CC2CCN(C(=N)N)CC2)[C@H]3C(=O)Cc2ccc(C(=O)O)cc2)C(=O)C1. The number of hydrogen-bond donors (Lipinski definition) is 3. The van der Waals surface area contributed by atoms with E-state index in [1.165, 1.54) is 12.1 Å². The molecule has 1 atom stereocenters. The minimum absolute atomic E-state index is 0.00829. The lowest BCUT2D eigenvalue weighted by atomic mass is 9.85. The van der Waals surface area contributed by atoms with Crippen molar-refractivity contribution in [2.45, 2.75) is 38.1 Å². The van der Waals surface area contributed by atoms with E-state index in [0.717, 1.165) is 36.2 Å². The highest BCUT2D eigenvalue weighted by Crippen LogP contribution is 2.38. The number of aromatic carboxylic acids is 1. The predicted molar refractivity (Wildman–Crippen MR) is 157 cm³/mol. The van der Waals surface area contributed by atoms with Crippen LogP contribution in [0.1, 0.15) is 52.4 Å². The Morgan fingerprint density at radius 1 is 1.00 bits per heavy atom. The van der Waals surface area contributed by atoms with Crippen LogP contribution in [0.25, 0.3) is 0 Å². The molecule has 2 fully saturated rings. The summed E-state index contributed by atoms with van der Waals surface area (Å²) in [4.78, 5) is 59.4. The first-order valence-electron chi connectivity index (χ1n) is 14.5. The fraction of sp³-hybridized carbons (Fsp3) is 0.452. The number of piperazine rings is 1. The van der Waals surface area contributed by atoms with Gasteiger partial charge in [0.05, 0.1) is 12.1 Å². The fourth-order valence-electron chi connectivity index (χ4n) is 6.37. The van der Waals surface area contributed by atoms with Gasteiger partial charge in [-0.05, 0) is 67.1 Å². The second-order valence-electron chi connectivity index (χ2n) is 11.5. The molecule has 0 radical (unpaired) electrons. The number of carboxylic acids is 1. The van der Waals surface area contributed by atoms with Crippen molar-refractivity contribution in [3.63, 3.8) is 0 Å². The van der Waals surface area contributed by atoms with Crippen LogP contribution in [0.15, 0.2) is 42.5 Å². The number of carboxylic acid groups (broad SMARTS) is 1. The average Bonchev–Trinajstić information content (AvgIpc) is 2.97. The summed E-state index contributed by atoms with van der Waals surface area (Å²) in [5.41, 5.74) is 8.93. The smallest absolute Gasteiger partial charge is 0.335 e. The molecule has 2 aromatic rings. The van der Waals surface area contributed by atoms with E-state index in [-0.39, 0.29) is 41.5 Å². The van der Waals surface area contributed by atoms with Crippen molar-refractivity contribution in [1.82, 2.24) is 14.7 Å². The van der Waals surface area contributed by atoms with Crippen LogP contribution >= 0.6 is 0 Å². The van der Waals surface area contributed by atoms with Crippen molar-refractivity contribution >= 4 is 35.2 Å². The average molecular weight is 575 g/mol. The lowest BCUT2D eigenvalue weighted by Crippen LogP contribution is -2.50. The van der Waals surface area contributed by atoms with Gasteiger partial charge in [0.15, 0.2) is 11.7 Å². The lowest BCUT2D eigenvalue weighted by molar-refractivity contribution is -0.141. The molecule has 0 spiro atoms. The van der Waals surface area contributed by atoms with Gasteiger partial charge in [0.1, 0.15) is 6.04 Å². The molecule has 2 amide bonds.